The molecule has 0 atom stereocenters. The summed E-state index contributed by atoms with van der Waals surface area (Å²) in [4.78, 5) is 4.50. The second kappa shape index (κ2) is 7.69. The van der Waals surface area contributed by atoms with Gasteiger partial charge in [-0.25, -0.2) is 17.8 Å². The summed E-state index contributed by atoms with van der Waals surface area (Å²) in [7, 11) is -4.06. The van der Waals surface area contributed by atoms with Gasteiger partial charge in [0.2, 0.25) is 14.9 Å². The first kappa shape index (κ1) is 20.1. The molecule has 5 rings (SSSR count). The summed E-state index contributed by atoms with van der Waals surface area (Å²) in [6.07, 6.45) is 0.930. The highest BCUT2D eigenvalue weighted by molar-refractivity contribution is 7.91. The van der Waals surface area contributed by atoms with Crippen molar-refractivity contribution in [1.29, 1.82) is 0 Å². The van der Waals surface area contributed by atoms with E-state index in [0.29, 0.717) is 11.3 Å². The third kappa shape index (κ3) is 3.36. The number of rotatable bonds is 5. The van der Waals surface area contributed by atoms with Gasteiger partial charge in [0.15, 0.2) is 5.65 Å². The molecule has 9 heteroatoms. The van der Waals surface area contributed by atoms with Gasteiger partial charge in [-0.05, 0) is 60.5 Å². The maximum absolute atomic E-state index is 13.3. The van der Waals surface area contributed by atoms with Crippen molar-refractivity contribution in [3.63, 3.8) is 0 Å². The van der Waals surface area contributed by atoms with Crippen molar-refractivity contribution in [1.82, 2.24) is 19.8 Å². The van der Waals surface area contributed by atoms with Crippen LogP contribution < -0.4 is 5.32 Å². The van der Waals surface area contributed by atoms with Crippen molar-refractivity contribution in [2.24, 2.45) is 0 Å². The summed E-state index contributed by atoms with van der Waals surface area (Å²) in [6.45, 7) is 2.08. The number of aromatic nitrogens is 4. The Morgan fingerprint density at radius 1 is 0.969 bits per heavy atom. The monoisotopic (exact) mass is 447 g/mol. The van der Waals surface area contributed by atoms with Gasteiger partial charge in [0, 0.05) is 11.1 Å². The standard InChI is InChI=1S/C23H18FN5O2S/c1-2-15-7-11-17(12-8-15)25-21-19-5-3-4-6-20(19)29-22(26-21)23(27-28-29)32(30,31)18-13-9-16(24)10-14-18/h3-14H,2H2,1H3,(H,25,26). The fourth-order valence-electron chi connectivity index (χ4n) is 3.50. The van der Waals surface area contributed by atoms with Crippen LogP contribution in [0.1, 0.15) is 12.5 Å². The molecular formula is C23H18FN5O2S. The molecule has 0 saturated carbocycles. The molecule has 0 aliphatic rings. The molecule has 0 saturated heterocycles. The van der Waals surface area contributed by atoms with Crippen LogP contribution in [-0.4, -0.2) is 28.2 Å². The second-order valence-electron chi connectivity index (χ2n) is 7.24. The van der Waals surface area contributed by atoms with Gasteiger partial charge in [-0.3, -0.25) is 0 Å². The average Bonchev–Trinajstić information content (AvgIpc) is 3.25. The number of para-hydroxylation sites is 1. The molecule has 0 bridgehead atoms. The highest BCUT2D eigenvalue weighted by Crippen LogP contribution is 2.29. The van der Waals surface area contributed by atoms with E-state index < -0.39 is 15.7 Å². The maximum Gasteiger partial charge on any atom is 0.229 e. The lowest BCUT2D eigenvalue weighted by molar-refractivity contribution is 0.591. The van der Waals surface area contributed by atoms with Crippen LogP contribution in [0.2, 0.25) is 0 Å². The number of benzene rings is 3. The SMILES string of the molecule is CCc1ccc(Nc2nc3c(S(=O)(=O)c4ccc(F)cc4)nnn3c3ccccc23)cc1. The quantitative estimate of drug-likeness (QED) is 0.398. The predicted octanol–water partition coefficient (Wildman–Crippen LogP) is 4.56. The number of aryl methyl sites for hydroxylation is 1. The molecule has 0 radical (unpaired) electrons. The lowest BCUT2D eigenvalue weighted by Crippen LogP contribution is -2.05. The van der Waals surface area contributed by atoms with E-state index in [2.05, 4.69) is 27.5 Å². The summed E-state index contributed by atoms with van der Waals surface area (Å²) in [6, 6.07) is 19.9. The highest BCUT2D eigenvalue weighted by Gasteiger charge is 2.27. The lowest BCUT2D eigenvalue weighted by atomic mass is 10.1. The molecule has 160 valence electrons. The molecule has 0 fully saturated rings. The fourth-order valence-corrected chi connectivity index (χ4v) is 4.73. The van der Waals surface area contributed by atoms with Crippen LogP contribution in [0.25, 0.3) is 16.6 Å². The molecule has 3 aromatic carbocycles. The summed E-state index contributed by atoms with van der Waals surface area (Å²) in [5.74, 6) is -0.0447. The van der Waals surface area contributed by atoms with Crippen molar-refractivity contribution < 1.29 is 12.8 Å². The summed E-state index contributed by atoms with van der Waals surface area (Å²) >= 11 is 0. The van der Waals surface area contributed by atoms with E-state index in [4.69, 9.17) is 0 Å². The van der Waals surface area contributed by atoms with Gasteiger partial charge < -0.3 is 5.32 Å². The van der Waals surface area contributed by atoms with E-state index in [9.17, 15) is 12.8 Å². The molecule has 7 nitrogen and oxygen atoms in total. The van der Waals surface area contributed by atoms with Crippen molar-refractivity contribution in [2.75, 3.05) is 5.32 Å². The number of hydrogen-bond donors (Lipinski definition) is 1. The molecule has 2 heterocycles. The van der Waals surface area contributed by atoms with Crippen molar-refractivity contribution in [3.8, 4) is 0 Å². The number of nitrogens with zero attached hydrogens (tertiary/aromatic N) is 4. The van der Waals surface area contributed by atoms with E-state index in [1.165, 1.54) is 22.2 Å². The molecule has 0 unspecified atom stereocenters. The lowest BCUT2D eigenvalue weighted by Gasteiger charge is -2.11. The summed E-state index contributed by atoms with van der Waals surface area (Å²) < 4.78 is 41.1. The predicted molar refractivity (Wildman–Crippen MR) is 119 cm³/mol. The number of sulfone groups is 1. The fraction of sp³-hybridized carbons (Fsp3) is 0.0870. The normalized spacial score (nSPS) is 11.8. The van der Waals surface area contributed by atoms with Crippen LogP contribution >= 0.6 is 0 Å². The van der Waals surface area contributed by atoms with Gasteiger partial charge in [-0.2, -0.15) is 4.52 Å². The largest absolute Gasteiger partial charge is 0.340 e. The molecule has 32 heavy (non-hydrogen) atoms. The van der Waals surface area contributed by atoms with E-state index in [1.54, 1.807) is 0 Å². The highest BCUT2D eigenvalue weighted by atomic mass is 32.2. The van der Waals surface area contributed by atoms with Crippen LogP contribution in [0.5, 0.6) is 0 Å². The minimum atomic E-state index is -4.06. The topological polar surface area (TPSA) is 89.2 Å². The number of anilines is 2. The van der Waals surface area contributed by atoms with Crippen LogP contribution in [0.4, 0.5) is 15.9 Å². The Morgan fingerprint density at radius 2 is 1.69 bits per heavy atom. The number of nitrogens with one attached hydrogen (secondary N) is 1. The van der Waals surface area contributed by atoms with Crippen molar-refractivity contribution in [3.05, 3.63) is 84.2 Å². The van der Waals surface area contributed by atoms with Gasteiger partial charge >= 0.3 is 0 Å². The molecular weight excluding hydrogens is 429 g/mol. The summed E-state index contributed by atoms with van der Waals surface area (Å²) in [5.41, 5.74) is 2.76. The van der Waals surface area contributed by atoms with Crippen LogP contribution in [0.3, 0.4) is 0 Å². The maximum atomic E-state index is 13.3. The smallest absolute Gasteiger partial charge is 0.229 e. The van der Waals surface area contributed by atoms with Gasteiger partial charge in [0.25, 0.3) is 0 Å². The Labute approximate surface area is 183 Å². The van der Waals surface area contributed by atoms with Gasteiger partial charge in [-0.15, -0.1) is 5.10 Å². The van der Waals surface area contributed by atoms with Gasteiger partial charge in [-0.1, -0.05) is 36.4 Å². The average molecular weight is 447 g/mol. The van der Waals surface area contributed by atoms with E-state index in [1.807, 2.05) is 48.5 Å². The molecule has 5 aromatic rings. The Bertz CT molecular complexity index is 1550. The summed E-state index contributed by atoms with van der Waals surface area (Å²) in [5, 5.41) is 11.7. The molecule has 1 N–H and O–H groups in total. The third-order valence-corrected chi connectivity index (χ3v) is 6.89. The Hall–Kier alpha value is -3.85. The van der Waals surface area contributed by atoms with Crippen molar-refractivity contribution in [2.45, 2.75) is 23.3 Å². The second-order valence-corrected chi connectivity index (χ2v) is 9.11. The van der Waals surface area contributed by atoms with E-state index >= 15 is 0 Å². The van der Waals surface area contributed by atoms with Crippen LogP contribution in [0, 0.1) is 5.82 Å². The molecule has 0 aliphatic heterocycles. The Balaban J connectivity index is 1.69. The van der Waals surface area contributed by atoms with E-state index in [0.717, 1.165) is 29.6 Å². The van der Waals surface area contributed by atoms with Crippen molar-refractivity contribution >= 4 is 37.9 Å². The van der Waals surface area contributed by atoms with Gasteiger partial charge in [0.1, 0.15) is 11.6 Å². The molecule has 0 amide bonds. The zero-order chi connectivity index (χ0) is 22.3. The Kier molecular flexibility index (Phi) is 4.82. The first-order valence-electron chi connectivity index (χ1n) is 9.98. The van der Waals surface area contributed by atoms with Gasteiger partial charge in [0.05, 0.1) is 10.4 Å². The molecule has 0 spiro atoms. The number of halogens is 1. The third-order valence-electron chi connectivity index (χ3n) is 5.23. The molecule has 0 aliphatic carbocycles. The number of fused-ring (bicyclic) bond motifs is 3. The zero-order valence-corrected chi connectivity index (χ0v) is 17.8. The first-order chi connectivity index (χ1) is 15.5. The molecule has 2 aromatic heterocycles. The van der Waals surface area contributed by atoms with Crippen LogP contribution in [-0.2, 0) is 16.3 Å². The first-order valence-corrected chi connectivity index (χ1v) is 11.5. The minimum absolute atomic E-state index is 0.0825. The van der Waals surface area contributed by atoms with E-state index in [-0.39, 0.29) is 15.6 Å². The Morgan fingerprint density at radius 3 is 2.41 bits per heavy atom. The zero-order valence-electron chi connectivity index (χ0n) is 17.0. The van der Waals surface area contributed by atoms with Crippen LogP contribution in [0.15, 0.2) is 82.7 Å². The minimum Gasteiger partial charge on any atom is -0.340 e. The number of hydrogen-bond acceptors (Lipinski definition) is 6.